The second-order valence-electron chi connectivity index (χ2n) is 7.05. The van der Waals surface area contributed by atoms with Crippen LogP contribution in [-0.4, -0.2) is 14.2 Å². The van der Waals surface area contributed by atoms with Gasteiger partial charge in [-0.05, 0) is 48.5 Å². The van der Waals surface area contributed by atoms with E-state index < -0.39 is 0 Å². The van der Waals surface area contributed by atoms with Gasteiger partial charge in [-0.15, -0.1) is 0 Å². The zero-order chi connectivity index (χ0) is 20.5. The van der Waals surface area contributed by atoms with E-state index in [9.17, 15) is 0 Å². The van der Waals surface area contributed by atoms with E-state index in [1.165, 1.54) is 0 Å². The molecular formula is C26H22N2O2. The Morgan fingerprint density at radius 2 is 0.867 bits per heavy atom. The first-order chi connectivity index (χ1) is 14.8. The zero-order valence-corrected chi connectivity index (χ0v) is 16.9. The van der Waals surface area contributed by atoms with Crippen LogP contribution in [-0.2, 0) is 0 Å². The Morgan fingerprint density at radius 3 is 1.23 bits per heavy atom. The van der Waals surface area contributed by atoms with E-state index in [-0.39, 0.29) is 0 Å². The van der Waals surface area contributed by atoms with Crippen molar-refractivity contribution in [2.45, 2.75) is 0 Å². The monoisotopic (exact) mass is 394 g/mol. The Hall–Kier alpha value is -3.92. The molecule has 30 heavy (non-hydrogen) atoms. The number of ether oxygens (including phenoxy) is 2. The summed E-state index contributed by atoms with van der Waals surface area (Å²) in [5, 5.41) is 0. The molecule has 0 aliphatic carbocycles. The number of para-hydroxylation sites is 2. The van der Waals surface area contributed by atoms with Crippen molar-refractivity contribution < 1.29 is 9.47 Å². The molecular weight excluding hydrogens is 372 g/mol. The van der Waals surface area contributed by atoms with Crippen LogP contribution in [0.5, 0.6) is 11.5 Å². The van der Waals surface area contributed by atoms with E-state index in [0.29, 0.717) is 0 Å². The maximum Gasteiger partial charge on any atom is 0.121 e. The van der Waals surface area contributed by atoms with Crippen LogP contribution in [0.15, 0.2) is 97.1 Å². The third kappa shape index (κ3) is 2.94. The number of fused-ring (bicyclic) bond motifs is 2. The summed E-state index contributed by atoms with van der Waals surface area (Å²) < 4.78 is 11.1. The Labute approximate surface area is 176 Å². The van der Waals surface area contributed by atoms with Crippen molar-refractivity contribution in [2.75, 3.05) is 24.0 Å². The van der Waals surface area contributed by atoms with E-state index in [1.807, 2.05) is 24.3 Å². The summed E-state index contributed by atoms with van der Waals surface area (Å²) in [5.74, 6) is 1.64. The lowest BCUT2D eigenvalue weighted by atomic mass is 10.0. The molecule has 0 saturated carbocycles. The lowest BCUT2D eigenvalue weighted by Gasteiger charge is -2.40. The molecule has 0 N–H and O–H groups in total. The molecule has 1 heterocycles. The van der Waals surface area contributed by atoms with Gasteiger partial charge in [0.2, 0.25) is 0 Å². The van der Waals surface area contributed by atoms with Crippen LogP contribution in [0.2, 0.25) is 0 Å². The van der Waals surface area contributed by atoms with Crippen LogP contribution in [0.25, 0.3) is 0 Å². The van der Waals surface area contributed by atoms with Crippen molar-refractivity contribution in [2.24, 2.45) is 0 Å². The van der Waals surface area contributed by atoms with Crippen molar-refractivity contribution in [3.63, 3.8) is 0 Å². The highest BCUT2D eigenvalue weighted by atomic mass is 16.5. The standard InChI is InChI=1S/C26H22N2O2/c1-29-21-13-15-23-25(17-21)27(19-9-5-3-6-10-19)24-16-14-22(30-2)18-26(24)28(23)20-11-7-4-8-12-20/h3-18H,1-2H3. The molecule has 5 rings (SSSR count). The Morgan fingerprint density at radius 1 is 0.467 bits per heavy atom. The van der Waals surface area contributed by atoms with E-state index in [2.05, 4.69) is 82.6 Å². The van der Waals surface area contributed by atoms with Gasteiger partial charge >= 0.3 is 0 Å². The van der Waals surface area contributed by atoms with Gasteiger partial charge in [-0.25, -0.2) is 0 Å². The molecule has 0 atom stereocenters. The number of methoxy groups -OCH3 is 2. The fourth-order valence-corrected chi connectivity index (χ4v) is 3.97. The molecule has 0 unspecified atom stereocenters. The fraction of sp³-hybridized carbons (Fsp3) is 0.0769. The highest BCUT2D eigenvalue weighted by Gasteiger charge is 2.31. The minimum Gasteiger partial charge on any atom is -0.497 e. The first-order valence-corrected chi connectivity index (χ1v) is 9.86. The topological polar surface area (TPSA) is 24.9 Å². The molecule has 0 spiro atoms. The van der Waals surface area contributed by atoms with Crippen LogP contribution in [0.1, 0.15) is 0 Å². The molecule has 4 aromatic rings. The minimum atomic E-state index is 0.819. The quantitative estimate of drug-likeness (QED) is 0.329. The Balaban J connectivity index is 1.82. The molecule has 4 nitrogen and oxygen atoms in total. The lowest BCUT2D eigenvalue weighted by molar-refractivity contribution is 0.414. The molecule has 0 fully saturated rings. The number of nitrogens with zero attached hydrogens (tertiary/aromatic N) is 2. The second-order valence-corrected chi connectivity index (χ2v) is 7.05. The van der Waals surface area contributed by atoms with Crippen LogP contribution in [0, 0.1) is 0 Å². The summed E-state index contributed by atoms with van der Waals surface area (Å²) in [5.41, 5.74) is 6.44. The van der Waals surface area contributed by atoms with E-state index >= 15 is 0 Å². The maximum absolute atomic E-state index is 5.56. The van der Waals surface area contributed by atoms with E-state index in [0.717, 1.165) is 45.6 Å². The zero-order valence-electron chi connectivity index (χ0n) is 16.9. The molecule has 0 saturated heterocycles. The molecule has 0 aromatic heterocycles. The first-order valence-electron chi connectivity index (χ1n) is 9.86. The van der Waals surface area contributed by atoms with Crippen LogP contribution in [0.4, 0.5) is 34.1 Å². The number of anilines is 6. The summed E-state index contributed by atoms with van der Waals surface area (Å²) in [4.78, 5) is 4.54. The third-order valence-electron chi connectivity index (χ3n) is 5.36. The van der Waals surface area contributed by atoms with Gasteiger partial charge in [-0.2, -0.15) is 0 Å². The average Bonchev–Trinajstić information content (AvgIpc) is 2.82. The van der Waals surface area contributed by atoms with Crippen molar-refractivity contribution in [3.8, 4) is 11.5 Å². The highest BCUT2D eigenvalue weighted by molar-refractivity contribution is 6.02. The summed E-state index contributed by atoms with van der Waals surface area (Å²) >= 11 is 0. The number of hydrogen-bond donors (Lipinski definition) is 0. The van der Waals surface area contributed by atoms with E-state index in [1.54, 1.807) is 14.2 Å². The smallest absolute Gasteiger partial charge is 0.121 e. The van der Waals surface area contributed by atoms with Crippen molar-refractivity contribution >= 4 is 34.1 Å². The van der Waals surface area contributed by atoms with E-state index in [4.69, 9.17) is 9.47 Å². The van der Waals surface area contributed by atoms with Gasteiger partial charge in [0.15, 0.2) is 0 Å². The largest absolute Gasteiger partial charge is 0.497 e. The van der Waals surface area contributed by atoms with Crippen molar-refractivity contribution in [3.05, 3.63) is 97.1 Å². The normalized spacial score (nSPS) is 12.2. The fourth-order valence-electron chi connectivity index (χ4n) is 3.97. The molecule has 1 aliphatic rings. The lowest BCUT2D eigenvalue weighted by Crippen LogP contribution is -2.24. The number of hydrogen-bond acceptors (Lipinski definition) is 4. The van der Waals surface area contributed by atoms with Crippen LogP contribution >= 0.6 is 0 Å². The molecule has 4 heteroatoms. The van der Waals surface area contributed by atoms with Gasteiger partial charge in [-0.1, -0.05) is 36.4 Å². The summed E-state index contributed by atoms with van der Waals surface area (Å²) in [6.07, 6.45) is 0. The van der Waals surface area contributed by atoms with Gasteiger partial charge in [0.25, 0.3) is 0 Å². The molecule has 1 aliphatic heterocycles. The van der Waals surface area contributed by atoms with Crippen LogP contribution < -0.4 is 19.3 Å². The van der Waals surface area contributed by atoms with Gasteiger partial charge in [0.1, 0.15) is 11.5 Å². The number of rotatable bonds is 4. The molecule has 0 amide bonds. The minimum absolute atomic E-state index is 0.819. The summed E-state index contributed by atoms with van der Waals surface area (Å²) in [6, 6.07) is 33.2. The van der Waals surface area contributed by atoms with Gasteiger partial charge in [0.05, 0.1) is 37.0 Å². The van der Waals surface area contributed by atoms with Crippen LogP contribution in [0.3, 0.4) is 0 Å². The highest BCUT2D eigenvalue weighted by Crippen LogP contribution is 2.55. The summed E-state index contributed by atoms with van der Waals surface area (Å²) in [6.45, 7) is 0. The first kappa shape index (κ1) is 18.1. The predicted octanol–water partition coefficient (Wildman–Crippen LogP) is 6.96. The predicted molar refractivity (Wildman–Crippen MR) is 122 cm³/mol. The average molecular weight is 394 g/mol. The van der Waals surface area contributed by atoms with Crippen molar-refractivity contribution in [1.82, 2.24) is 0 Å². The third-order valence-corrected chi connectivity index (χ3v) is 5.36. The summed E-state index contributed by atoms with van der Waals surface area (Å²) in [7, 11) is 3.40. The molecule has 148 valence electrons. The SMILES string of the molecule is COc1ccc2c(c1)N(c1ccccc1)c1ccc(OC)cc1N2c1ccccc1. The number of benzene rings is 4. The van der Waals surface area contributed by atoms with Gasteiger partial charge in [0, 0.05) is 23.5 Å². The maximum atomic E-state index is 5.56. The van der Waals surface area contributed by atoms with Crippen molar-refractivity contribution in [1.29, 1.82) is 0 Å². The Kier molecular flexibility index (Phi) is 4.52. The second kappa shape index (κ2) is 7.48. The van der Waals surface area contributed by atoms with Gasteiger partial charge < -0.3 is 19.3 Å². The molecule has 4 aromatic carbocycles. The molecule has 0 radical (unpaired) electrons. The molecule has 0 bridgehead atoms. The Bertz CT molecular complexity index is 1080. The van der Waals surface area contributed by atoms with Gasteiger partial charge in [-0.3, -0.25) is 0 Å².